The minimum Gasteiger partial charge on any atom is -0.376 e. The summed E-state index contributed by atoms with van der Waals surface area (Å²) in [5.74, 6) is -0.238. The van der Waals surface area contributed by atoms with Crippen LogP contribution in [0.4, 0.5) is 5.69 Å². The lowest BCUT2D eigenvalue weighted by Gasteiger charge is -2.11. The van der Waals surface area contributed by atoms with E-state index in [1.165, 1.54) is 6.07 Å². The summed E-state index contributed by atoms with van der Waals surface area (Å²) in [7, 11) is -3.35. The SMILES string of the molecule is CS(=O)(=O)Nc1cccc(C(=O)NC[C@@H]2CCCO2)c1. The third-order valence-electron chi connectivity index (χ3n) is 2.94. The Bertz CT molecular complexity index is 580. The zero-order valence-corrected chi connectivity index (χ0v) is 12.1. The number of nitrogens with one attached hydrogen (secondary N) is 2. The summed E-state index contributed by atoms with van der Waals surface area (Å²) >= 11 is 0. The van der Waals surface area contributed by atoms with Gasteiger partial charge in [-0.2, -0.15) is 0 Å². The van der Waals surface area contributed by atoms with Crippen molar-refractivity contribution in [3.05, 3.63) is 29.8 Å². The maximum atomic E-state index is 12.0. The van der Waals surface area contributed by atoms with E-state index in [2.05, 4.69) is 10.0 Å². The van der Waals surface area contributed by atoms with Crippen molar-refractivity contribution in [2.45, 2.75) is 18.9 Å². The monoisotopic (exact) mass is 298 g/mol. The molecule has 0 bridgehead atoms. The minimum atomic E-state index is -3.35. The summed E-state index contributed by atoms with van der Waals surface area (Å²) in [4.78, 5) is 12.0. The van der Waals surface area contributed by atoms with Gasteiger partial charge in [0.25, 0.3) is 5.91 Å². The first-order valence-corrected chi connectivity index (χ1v) is 8.31. The van der Waals surface area contributed by atoms with Gasteiger partial charge in [-0.3, -0.25) is 9.52 Å². The molecule has 1 aromatic rings. The molecule has 20 heavy (non-hydrogen) atoms. The number of sulfonamides is 1. The van der Waals surface area contributed by atoms with E-state index >= 15 is 0 Å². The van der Waals surface area contributed by atoms with E-state index in [0.29, 0.717) is 17.8 Å². The van der Waals surface area contributed by atoms with Crippen LogP contribution < -0.4 is 10.0 Å². The second-order valence-electron chi connectivity index (χ2n) is 4.80. The first-order valence-electron chi connectivity index (χ1n) is 6.42. The molecule has 1 saturated heterocycles. The van der Waals surface area contributed by atoms with E-state index in [0.717, 1.165) is 25.7 Å². The molecule has 1 heterocycles. The first kappa shape index (κ1) is 14.8. The topological polar surface area (TPSA) is 84.5 Å². The number of ether oxygens (including phenoxy) is 1. The molecule has 6 nitrogen and oxygen atoms in total. The zero-order valence-electron chi connectivity index (χ0n) is 11.3. The molecule has 0 unspecified atom stereocenters. The molecule has 0 radical (unpaired) electrons. The standard InChI is InChI=1S/C13H18N2O4S/c1-20(17,18)15-11-5-2-4-10(8-11)13(16)14-9-12-6-3-7-19-12/h2,4-5,8,12,15H,3,6-7,9H2,1H3,(H,14,16)/t12-/m0/s1. The molecule has 0 aromatic heterocycles. The highest BCUT2D eigenvalue weighted by atomic mass is 32.2. The van der Waals surface area contributed by atoms with Crippen LogP contribution in [-0.4, -0.2) is 39.8 Å². The van der Waals surface area contributed by atoms with E-state index in [4.69, 9.17) is 4.74 Å². The van der Waals surface area contributed by atoms with Crippen LogP contribution in [0.15, 0.2) is 24.3 Å². The fourth-order valence-electron chi connectivity index (χ4n) is 2.05. The van der Waals surface area contributed by atoms with Crippen LogP contribution in [0.1, 0.15) is 23.2 Å². The number of amides is 1. The van der Waals surface area contributed by atoms with Crippen molar-refractivity contribution in [3.8, 4) is 0 Å². The highest BCUT2D eigenvalue weighted by Crippen LogP contribution is 2.13. The van der Waals surface area contributed by atoms with Gasteiger partial charge in [0, 0.05) is 24.4 Å². The van der Waals surface area contributed by atoms with Crippen LogP contribution >= 0.6 is 0 Å². The Labute approximate surface area is 118 Å². The number of carbonyl (C=O) groups is 1. The Kier molecular flexibility index (Phi) is 4.61. The lowest BCUT2D eigenvalue weighted by molar-refractivity contribution is 0.0858. The van der Waals surface area contributed by atoms with Crippen LogP contribution in [0.2, 0.25) is 0 Å². The van der Waals surface area contributed by atoms with Crippen molar-refractivity contribution in [3.63, 3.8) is 0 Å². The van der Waals surface area contributed by atoms with Crippen molar-refractivity contribution >= 4 is 21.6 Å². The van der Waals surface area contributed by atoms with Crippen LogP contribution in [0, 0.1) is 0 Å². The van der Waals surface area contributed by atoms with Gasteiger partial charge in [0.15, 0.2) is 0 Å². The van der Waals surface area contributed by atoms with Crippen LogP contribution in [0.3, 0.4) is 0 Å². The second kappa shape index (κ2) is 6.23. The largest absolute Gasteiger partial charge is 0.376 e. The number of hydrogen-bond acceptors (Lipinski definition) is 4. The predicted molar refractivity (Wildman–Crippen MR) is 76.2 cm³/mol. The summed E-state index contributed by atoms with van der Waals surface area (Å²) in [6.45, 7) is 1.22. The fourth-order valence-corrected chi connectivity index (χ4v) is 2.61. The predicted octanol–water partition coefficient (Wildman–Crippen LogP) is 0.967. The molecular weight excluding hydrogens is 280 g/mol. The number of rotatable bonds is 5. The molecule has 110 valence electrons. The molecule has 0 spiro atoms. The third-order valence-corrected chi connectivity index (χ3v) is 3.55. The molecule has 7 heteroatoms. The van der Waals surface area contributed by atoms with Crippen molar-refractivity contribution in [2.24, 2.45) is 0 Å². The Hall–Kier alpha value is -1.60. The Morgan fingerprint density at radius 1 is 1.45 bits per heavy atom. The van der Waals surface area contributed by atoms with Gasteiger partial charge in [0.1, 0.15) is 0 Å². The van der Waals surface area contributed by atoms with Crippen LogP contribution in [0.5, 0.6) is 0 Å². The lowest BCUT2D eigenvalue weighted by atomic mass is 10.2. The van der Waals surface area contributed by atoms with Gasteiger partial charge in [0.05, 0.1) is 12.4 Å². The maximum absolute atomic E-state index is 12.0. The normalized spacial score (nSPS) is 18.8. The smallest absolute Gasteiger partial charge is 0.251 e. The lowest BCUT2D eigenvalue weighted by Crippen LogP contribution is -2.31. The van der Waals surface area contributed by atoms with Crippen molar-refractivity contribution in [1.82, 2.24) is 5.32 Å². The Morgan fingerprint density at radius 3 is 2.90 bits per heavy atom. The molecule has 1 atom stereocenters. The van der Waals surface area contributed by atoms with Gasteiger partial charge in [0.2, 0.25) is 10.0 Å². The maximum Gasteiger partial charge on any atom is 0.251 e. The average molecular weight is 298 g/mol. The molecule has 0 saturated carbocycles. The summed E-state index contributed by atoms with van der Waals surface area (Å²) in [5.41, 5.74) is 0.786. The van der Waals surface area contributed by atoms with Crippen molar-refractivity contribution in [1.29, 1.82) is 0 Å². The number of hydrogen-bond donors (Lipinski definition) is 2. The summed E-state index contributed by atoms with van der Waals surface area (Å²) in [6, 6.07) is 6.37. The van der Waals surface area contributed by atoms with E-state index in [1.54, 1.807) is 18.2 Å². The van der Waals surface area contributed by atoms with Gasteiger partial charge >= 0.3 is 0 Å². The highest BCUT2D eigenvalue weighted by molar-refractivity contribution is 7.92. The molecule has 2 rings (SSSR count). The molecule has 2 N–H and O–H groups in total. The van der Waals surface area contributed by atoms with Crippen molar-refractivity contribution in [2.75, 3.05) is 24.1 Å². The third kappa shape index (κ3) is 4.50. The molecule has 1 amide bonds. The first-order chi connectivity index (χ1) is 9.44. The number of benzene rings is 1. The average Bonchev–Trinajstić information content (AvgIpc) is 2.87. The Morgan fingerprint density at radius 2 is 2.25 bits per heavy atom. The molecule has 1 aliphatic heterocycles. The highest BCUT2D eigenvalue weighted by Gasteiger charge is 2.16. The summed E-state index contributed by atoms with van der Waals surface area (Å²) in [5, 5.41) is 2.79. The quantitative estimate of drug-likeness (QED) is 0.848. The van der Waals surface area contributed by atoms with Gasteiger partial charge in [-0.1, -0.05) is 6.07 Å². The molecule has 1 aliphatic rings. The van der Waals surface area contributed by atoms with Gasteiger partial charge in [-0.05, 0) is 31.0 Å². The second-order valence-corrected chi connectivity index (χ2v) is 6.55. The van der Waals surface area contributed by atoms with Crippen LogP contribution in [0.25, 0.3) is 0 Å². The number of carbonyl (C=O) groups excluding carboxylic acids is 1. The molecular formula is C13H18N2O4S. The van der Waals surface area contributed by atoms with Gasteiger partial charge in [-0.25, -0.2) is 8.42 Å². The summed E-state index contributed by atoms with van der Waals surface area (Å²) < 4.78 is 30.1. The van der Waals surface area contributed by atoms with E-state index in [-0.39, 0.29) is 12.0 Å². The van der Waals surface area contributed by atoms with Gasteiger partial charge < -0.3 is 10.1 Å². The van der Waals surface area contributed by atoms with E-state index < -0.39 is 10.0 Å². The fraction of sp³-hybridized carbons (Fsp3) is 0.462. The van der Waals surface area contributed by atoms with Crippen molar-refractivity contribution < 1.29 is 17.9 Å². The van der Waals surface area contributed by atoms with E-state index in [1.807, 2.05) is 0 Å². The van der Waals surface area contributed by atoms with Gasteiger partial charge in [-0.15, -0.1) is 0 Å². The zero-order chi connectivity index (χ0) is 14.6. The molecule has 1 fully saturated rings. The Balaban J connectivity index is 1.96. The molecule has 0 aliphatic carbocycles. The molecule has 1 aromatic carbocycles. The van der Waals surface area contributed by atoms with Crippen LogP contribution in [-0.2, 0) is 14.8 Å². The van der Waals surface area contributed by atoms with E-state index in [9.17, 15) is 13.2 Å². The minimum absolute atomic E-state index is 0.0799. The number of anilines is 1. The summed E-state index contributed by atoms with van der Waals surface area (Å²) in [6.07, 6.45) is 3.12.